The van der Waals surface area contributed by atoms with Crippen LogP contribution in [0.15, 0.2) is 23.5 Å². The predicted molar refractivity (Wildman–Crippen MR) is 91.1 cm³/mol. The van der Waals surface area contributed by atoms with E-state index in [0.29, 0.717) is 6.04 Å². The molecular weight excluding hydrogens is 276 g/mol. The van der Waals surface area contributed by atoms with Crippen LogP contribution in [0.25, 0.3) is 0 Å². The summed E-state index contributed by atoms with van der Waals surface area (Å²) in [5, 5.41) is 11.0. The number of aliphatic imine (C=N–C) groups is 1. The highest BCUT2D eigenvalue weighted by atomic mass is 15.3. The second-order valence-electron chi connectivity index (χ2n) is 6.11. The summed E-state index contributed by atoms with van der Waals surface area (Å²) >= 11 is 0. The van der Waals surface area contributed by atoms with Crippen LogP contribution in [0.3, 0.4) is 0 Å². The van der Waals surface area contributed by atoms with Crippen molar-refractivity contribution >= 4 is 5.96 Å². The summed E-state index contributed by atoms with van der Waals surface area (Å²) in [6.07, 6.45) is 7.56. The van der Waals surface area contributed by atoms with Crippen LogP contribution >= 0.6 is 0 Å². The summed E-state index contributed by atoms with van der Waals surface area (Å²) in [7, 11) is 1.82. The van der Waals surface area contributed by atoms with Crippen LogP contribution < -0.4 is 10.6 Å². The lowest BCUT2D eigenvalue weighted by Crippen LogP contribution is -2.44. The van der Waals surface area contributed by atoms with E-state index in [-0.39, 0.29) is 0 Å². The summed E-state index contributed by atoms with van der Waals surface area (Å²) in [6.45, 7) is 8.40. The molecule has 6 nitrogen and oxygen atoms in total. The van der Waals surface area contributed by atoms with Crippen molar-refractivity contribution in [3.63, 3.8) is 0 Å². The molecule has 1 saturated carbocycles. The Bertz CT molecular complexity index is 433. The fourth-order valence-corrected chi connectivity index (χ4v) is 2.67. The van der Waals surface area contributed by atoms with E-state index in [4.69, 9.17) is 0 Å². The third-order valence-corrected chi connectivity index (χ3v) is 3.98. The normalized spacial score (nSPS) is 15.6. The van der Waals surface area contributed by atoms with Gasteiger partial charge in [0.15, 0.2) is 5.96 Å². The van der Waals surface area contributed by atoms with Gasteiger partial charge < -0.3 is 10.6 Å². The lowest BCUT2D eigenvalue weighted by atomic mass is 10.3. The van der Waals surface area contributed by atoms with Crippen LogP contribution in [0.4, 0.5) is 0 Å². The largest absolute Gasteiger partial charge is 0.356 e. The smallest absolute Gasteiger partial charge is 0.191 e. The van der Waals surface area contributed by atoms with Crippen molar-refractivity contribution in [2.24, 2.45) is 4.99 Å². The first-order chi connectivity index (χ1) is 10.7. The van der Waals surface area contributed by atoms with Crippen molar-refractivity contribution in [3.05, 3.63) is 18.5 Å². The molecule has 124 valence electrons. The molecule has 2 N–H and O–H groups in total. The number of guanidine groups is 1. The van der Waals surface area contributed by atoms with E-state index in [9.17, 15) is 0 Å². The number of hydrogen-bond acceptors (Lipinski definition) is 3. The first-order valence-corrected chi connectivity index (χ1v) is 8.38. The van der Waals surface area contributed by atoms with Crippen molar-refractivity contribution in [1.29, 1.82) is 0 Å². The quantitative estimate of drug-likeness (QED) is 0.410. The van der Waals surface area contributed by atoms with Gasteiger partial charge in [-0.1, -0.05) is 0 Å². The van der Waals surface area contributed by atoms with Gasteiger partial charge in [-0.2, -0.15) is 5.10 Å². The molecule has 2 rings (SSSR count). The first kappa shape index (κ1) is 16.8. The van der Waals surface area contributed by atoms with E-state index in [1.54, 1.807) is 0 Å². The molecule has 0 amide bonds. The van der Waals surface area contributed by atoms with E-state index in [2.05, 4.69) is 39.5 Å². The van der Waals surface area contributed by atoms with Gasteiger partial charge in [0.05, 0.1) is 0 Å². The Hall–Kier alpha value is -1.56. The highest BCUT2D eigenvalue weighted by Gasteiger charge is 2.29. The van der Waals surface area contributed by atoms with Gasteiger partial charge in [-0.15, -0.1) is 0 Å². The molecule has 0 aromatic carbocycles. The van der Waals surface area contributed by atoms with Gasteiger partial charge >= 0.3 is 0 Å². The molecule has 1 heterocycles. The minimum Gasteiger partial charge on any atom is -0.356 e. The van der Waals surface area contributed by atoms with Gasteiger partial charge in [0.25, 0.3) is 0 Å². The molecule has 0 saturated heterocycles. The molecular formula is C16H30N6. The van der Waals surface area contributed by atoms with Crippen LogP contribution in [-0.2, 0) is 6.54 Å². The van der Waals surface area contributed by atoms with Crippen molar-refractivity contribution in [2.45, 2.75) is 51.7 Å². The van der Waals surface area contributed by atoms with Crippen LogP contribution in [-0.4, -0.2) is 59.4 Å². The van der Waals surface area contributed by atoms with Crippen LogP contribution in [0.1, 0.15) is 33.1 Å². The molecule has 6 heteroatoms. The molecule has 0 bridgehead atoms. The zero-order valence-electron chi connectivity index (χ0n) is 14.1. The number of hydrogen-bond donors (Lipinski definition) is 2. The Labute approximate surface area is 134 Å². The molecule has 1 fully saturated rings. The summed E-state index contributed by atoms with van der Waals surface area (Å²) in [6, 6.07) is 3.39. The molecule has 0 unspecified atom stereocenters. The van der Waals surface area contributed by atoms with Crippen molar-refractivity contribution in [2.75, 3.05) is 26.7 Å². The van der Waals surface area contributed by atoms with Gasteiger partial charge in [0.1, 0.15) is 0 Å². The van der Waals surface area contributed by atoms with Gasteiger partial charge in [0.2, 0.25) is 0 Å². The van der Waals surface area contributed by atoms with Crippen molar-refractivity contribution in [3.8, 4) is 0 Å². The van der Waals surface area contributed by atoms with Crippen LogP contribution in [0, 0.1) is 0 Å². The Morgan fingerprint density at radius 2 is 2.14 bits per heavy atom. The standard InChI is InChI=1S/C16H30N6/c1-14(2)22(15-6-7-15)13-10-19-16(17-3)18-8-4-11-21-12-5-9-20-21/h5,9,12,14-15H,4,6-8,10-11,13H2,1-3H3,(H2,17,18,19). The fraction of sp³-hybridized carbons (Fsp3) is 0.750. The minimum absolute atomic E-state index is 0.623. The predicted octanol–water partition coefficient (Wildman–Crippen LogP) is 1.31. The third kappa shape index (κ3) is 5.67. The second kappa shape index (κ2) is 8.78. The number of nitrogens with zero attached hydrogens (tertiary/aromatic N) is 4. The molecule has 0 aliphatic heterocycles. The van der Waals surface area contributed by atoms with Gasteiger partial charge in [-0.25, -0.2) is 0 Å². The van der Waals surface area contributed by atoms with E-state index < -0.39 is 0 Å². The average Bonchev–Trinajstić information content (AvgIpc) is 3.20. The maximum Gasteiger partial charge on any atom is 0.191 e. The topological polar surface area (TPSA) is 57.5 Å². The monoisotopic (exact) mass is 306 g/mol. The van der Waals surface area contributed by atoms with Gasteiger partial charge in [-0.3, -0.25) is 14.6 Å². The van der Waals surface area contributed by atoms with E-state index in [1.807, 2.05) is 30.2 Å². The van der Waals surface area contributed by atoms with Crippen LogP contribution in [0.5, 0.6) is 0 Å². The Kier molecular flexibility index (Phi) is 6.71. The minimum atomic E-state index is 0.623. The summed E-state index contributed by atoms with van der Waals surface area (Å²) < 4.78 is 1.95. The maximum absolute atomic E-state index is 4.28. The van der Waals surface area contributed by atoms with Gasteiger partial charge in [0, 0.05) is 57.7 Å². The molecule has 0 radical (unpaired) electrons. The summed E-state index contributed by atoms with van der Waals surface area (Å²) in [5.41, 5.74) is 0. The average molecular weight is 306 g/mol. The second-order valence-corrected chi connectivity index (χ2v) is 6.11. The molecule has 1 aliphatic carbocycles. The highest BCUT2D eigenvalue weighted by Crippen LogP contribution is 2.27. The number of aryl methyl sites for hydroxylation is 1. The molecule has 0 atom stereocenters. The SMILES string of the molecule is CN=C(NCCCn1cccn1)NCCN(C(C)C)C1CC1. The lowest BCUT2D eigenvalue weighted by Gasteiger charge is -2.26. The maximum atomic E-state index is 4.28. The van der Waals surface area contributed by atoms with Crippen molar-refractivity contribution < 1.29 is 0 Å². The lowest BCUT2D eigenvalue weighted by molar-refractivity contribution is 0.215. The third-order valence-electron chi connectivity index (χ3n) is 3.98. The van der Waals surface area contributed by atoms with E-state index in [1.165, 1.54) is 12.8 Å². The fourth-order valence-electron chi connectivity index (χ4n) is 2.67. The molecule has 1 aromatic heterocycles. The van der Waals surface area contributed by atoms with Crippen LogP contribution in [0.2, 0.25) is 0 Å². The molecule has 1 aromatic rings. The number of nitrogens with one attached hydrogen (secondary N) is 2. The molecule has 0 spiro atoms. The Morgan fingerprint density at radius 3 is 2.73 bits per heavy atom. The Balaban J connectivity index is 1.58. The molecule has 1 aliphatic rings. The van der Waals surface area contributed by atoms with E-state index >= 15 is 0 Å². The highest BCUT2D eigenvalue weighted by molar-refractivity contribution is 5.79. The summed E-state index contributed by atoms with van der Waals surface area (Å²) in [4.78, 5) is 6.86. The van der Waals surface area contributed by atoms with Crippen molar-refractivity contribution in [1.82, 2.24) is 25.3 Å². The number of rotatable bonds is 9. The Morgan fingerprint density at radius 1 is 1.36 bits per heavy atom. The molecule has 22 heavy (non-hydrogen) atoms. The zero-order chi connectivity index (χ0) is 15.8. The first-order valence-electron chi connectivity index (χ1n) is 8.38. The van der Waals surface area contributed by atoms with Gasteiger partial charge in [-0.05, 0) is 39.2 Å². The summed E-state index contributed by atoms with van der Waals surface area (Å²) in [5.74, 6) is 0.889. The zero-order valence-corrected chi connectivity index (χ0v) is 14.1. The number of aromatic nitrogens is 2. The van der Waals surface area contributed by atoms with E-state index in [0.717, 1.165) is 44.6 Å².